The zero-order chi connectivity index (χ0) is 14.5. The van der Waals surface area contributed by atoms with Gasteiger partial charge in [0.05, 0.1) is 0 Å². The second kappa shape index (κ2) is 12.0. The lowest BCUT2D eigenvalue weighted by atomic mass is 10.1. The van der Waals surface area contributed by atoms with E-state index in [2.05, 4.69) is 12.2 Å². The number of carbonyl (C=O) groups excluding carboxylic acids is 1. The zero-order valence-electron chi connectivity index (χ0n) is 12.4. The summed E-state index contributed by atoms with van der Waals surface area (Å²) in [5, 5.41) is 11.5. The molecule has 1 atom stereocenters. The second-order valence-corrected chi connectivity index (χ2v) is 5.12. The van der Waals surface area contributed by atoms with Gasteiger partial charge in [0.1, 0.15) is 6.04 Å². The average molecular weight is 271 g/mol. The fraction of sp³-hybridized carbons (Fsp3) is 0.867. The lowest BCUT2D eigenvalue weighted by molar-refractivity contribution is -0.142. The van der Waals surface area contributed by atoms with Crippen LogP contribution in [0.3, 0.4) is 0 Å². The van der Waals surface area contributed by atoms with Gasteiger partial charge in [0.25, 0.3) is 0 Å². The van der Waals surface area contributed by atoms with E-state index < -0.39 is 12.0 Å². The highest BCUT2D eigenvalue weighted by molar-refractivity contribution is 5.83. The summed E-state index contributed by atoms with van der Waals surface area (Å²) in [6, 6.07) is -0.720. The largest absolute Gasteiger partial charge is 0.480 e. The first kappa shape index (κ1) is 17.9. The summed E-state index contributed by atoms with van der Waals surface area (Å²) < 4.78 is 0. The van der Waals surface area contributed by atoms with E-state index in [-0.39, 0.29) is 5.91 Å². The van der Waals surface area contributed by atoms with Crippen LogP contribution in [0.5, 0.6) is 0 Å². The van der Waals surface area contributed by atoms with Crippen molar-refractivity contribution in [3.63, 3.8) is 0 Å². The van der Waals surface area contributed by atoms with Crippen LogP contribution in [0.2, 0.25) is 0 Å². The van der Waals surface area contributed by atoms with Gasteiger partial charge in [-0.25, -0.2) is 4.79 Å². The predicted octanol–water partition coefficient (Wildman–Crippen LogP) is 3.50. The number of nitrogens with one attached hydrogen (secondary N) is 1. The highest BCUT2D eigenvalue weighted by Crippen LogP contribution is 2.08. The van der Waals surface area contributed by atoms with Crippen molar-refractivity contribution in [3.05, 3.63) is 0 Å². The SMILES string of the molecule is CCCCCCCCCC(=O)N[C@@H](CCC)C(=O)O. The molecule has 0 fully saturated rings. The van der Waals surface area contributed by atoms with Crippen LogP contribution in [-0.4, -0.2) is 23.0 Å². The van der Waals surface area contributed by atoms with Gasteiger partial charge in [0.15, 0.2) is 0 Å². The Morgan fingerprint density at radius 3 is 2.05 bits per heavy atom. The van der Waals surface area contributed by atoms with Crippen LogP contribution in [0.4, 0.5) is 0 Å². The van der Waals surface area contributed by atoms with Crippen LogP contribution in [0, 0.1) is 0 Å². The first-order valence-corrected chi connectivity index (χ1v) is 7.64. The van der Waals surface area contributed by atoms with Crippen molar-refractivity contribution in [2.75, 3.05) is 0 Å². The number of carbonyl (C=O) groups is 2. The zero-order valence-corrected chi connectivity index (χ0v) is 12.4. The molecule has 0 saturated heterocycles. The number of carboxylic acids is 1. The molecule has 112 valence electrons. The molecule has 0 aromatic rings. The lowest BCUT2D eigenvalue weighted by Gasteiger charge is -2.13. The van der Waals surface area contributed by atoms with E-state index in [1.807, 2.05) is 6.92 Å². The van der Waals surface area contributed by atoms with Gasteiger partial charge in [-0.15, -0.1) is 0 Å². The van der Waals surface area contributed by atoms with Crippen molar-refractivity contribution in [1.82, 2.24) is 5.32 Å². The number of aliphatic carboxylic acids is 1. The summed E-state index contributed by atoms with van der Waals surface area (Å²) in [7, 11) is 0. The molecule has 0 bridgehead atoms. The van der Waals surface area contributed by atoms with Gasteiger partial charge in [0, 0.05) is 6.42 Å². The molecule has 0 aliphatic rings. The van der Waals surface area contributed by atoms with Crippen molar-refractivity contribution in [1.29, 1.82) is 0 Å². The van der Waals surface area contributed by atoms with Crippen molar-refractivity contribution in [2.24, 2.45) is 0 Å². The molecule has 0 aromatic carbocycles. The first-order valence-electron chi connectivity index (χ1n) is 7.64. The van der Waals surface area contributed by atoms with Crippen molar-refractivity contribution >= 4 is 11.9 Å². The maximum Gasteiger partial charge on any atom is 0.326 e. The first-order chi connectivity index (χ1) is 9.11. The Bertz CT molecular complexity index is 254. The molecule has 0 spiro atoms. The van der Waals surface area contributed by atoms with E-state index in [0.717, 1.165) is 19.3 Å². The van der Waals surface area contributed by atoms with Crippen LogP contribution in [0.15, 0.2) is 0 Å². The number of carboxylic acid groups (broad SMARTS) is 1. The van der Waals surface area contributed by atoms with Crippen LogP contribution < -0.4 is 5.32 Å². The smallest absolute Gasteiger partial charge is 0.326 e. The fourth-order valence-electron chi connectivity index (χ4n) is 2.06. The molecule has 1 amide bonds. The number of unbranched alkanes of at least 4 members (excludes halogenated alkanes) is 6. The molecule has 0 saturated carbocycles. The molecule has 19 heavy (non-hydrogen) atoms. The normalized spacial score (nSPS) is 12.1. The Morgan fingerprint density at radius 1 is 0.947 bits per heavy atom. The summed E-state index contributed by atoms with van der Waals surface area (Å²) in [6.07, 6.45) is 9.84. The van der Waals surface area contributed by atoms with Crippen LogP contribution in [0.25, 0.3) is 0 Å². The van der Waals surface area contributed by atoms with E-state index in [9.17, 15) is 9.59 Å². The minimum absolute atomic E-state index is 0.130. The van der Waals surface area contributed by atoms with Crippen LogP contribution >= 0.6 is 0 Å². The standard InChI is InChI=1S/C15H29NO3/c1-3-5-6-7-8-9-10-12-14(17)16-13(11-4-2)15(18)19/h13H,3-12H2,1-2H3,(H,16,17)(H,18,19)/t13-/m0/s1. The third-order valence-corrected chi connectivity index (χ3v) is 3.22. The minimum Gasteiger partial charge on any atom is -0.480 e. The molecular formula is C15H29NO3. The number of hydrogen-bond acceptors (Lipinski definition) is 2. The topological polar surface area (TPSA) is 66.4 Å². The van der Waals surface area contributed by atoms with Crippen molar-refractivity contribution < 1.29 is 14.7 Å². The van der Waals surface area contributed by atoms with Gasteiger partial charge in [-0.2, -0.15) is 0 Å². The third-order valence-electron chi connectivity index (χ3n) is 3.22. The molecule has 0 aliphatic carbocycles. The quantitative estimate of drug-likeness (QED) is 0.534. The molecule has 0 unspecified atom stereocenters. The van der Waals surface area contributed by atoms with Crippen molar-refractivity contribution in [2.45, 2.75) is 84.1 Å². The van der Waals surface area contributed by atoms with E-state index in [4.69, 9.17) is 5.11 Å². The van der Waals surface area contributed by atoms with E-state index in [1.165, 1.54) is 32.1 Å². The molecule has 2 N–H and O–H groups in total. The fourth-order valence-corrected chi connectivity index (χ4v) is 2.06. The summed E-state index contributed by atoms with van der Waals surface area (Å²) in [5.41, 5.74) is 0. The summed E-state index contributed by atoms with van der Waals surface area (Å²) in [4.78, 5) is 22.5. The molecule has 0 aliphatic heterocycles. The van der Waals surface area contributed by atoms with Gasteiger partial charge in [0.2, 0.25) is 5.91 Å². The van der Waals surface area contributed by atoms with Gasteiger partial charge in [-0.05, 0) is 12.8 Å². The summed E-state index contributed by atoms with van der Waals surface area (Å²) in [5.74, 6) is -1.07. The molecule has 0 aromatic heterocycles. The minimum atomic E-state index is -0.935. The molecule has 0 radical (unpaired) electrons. The molecular weight excluding hydrogens is 242 g/mol. The third kappa shape index (κ3) is 10.5. The Morgan fingerprint density at radius 2 is 1.53 bits per heavy atom. The Hall–Kier alpha value is -1.06. The van der Waals surface area contributed by atoms with Crippen LogP contribution in [0.1, 0.15) is 78.1 Å². The maximum absolute atomic E-state index is 11.6. The molecule has 4 nitrogen and oxygen atoms in total. The highest BCUT2D eigenvalue weighted by Gasteiger charge is 2.18. The van der Waals surface area contributed by atoms with E-state index >= 15 is 0 Å². The van der Waals surface area contributed by atoms with Gasteiger partial charge >= 0.3 is 5.97 Å². The van der Waals surface area contributed by atoms with Gasteiger partial charge in [-0.1, -0.05) is 58.8 Å². The number of rotatable bonds is 12. The summed E-state index contributed by atoms with van der Waals surface area (Å²) >= 11 is 0. The molecule has 0 rings (SSSR count). The Labute approximate surface area is 117 Å². The Kier molecular flexibility index (Phi) is 11.3. The molecule has 0 heterocycles. The second-order valence-electron chi connectivity index (χ2n) is 5.12. The lowest BCUT2D eigenvalue weighted by Crippen LogP contribution is -2.40. The number of hydrogen-bond donors (Lipinski definition) is 2. The maximum atomic E-state index is 11.6. The Balaban J connectivity index is 3.60. The average Bonchev–Trinajstić information content (AvgIpc) is 2.37. The van der Waals surface area contributed by atoms with E-state index in [1.54, 1.807) is 0 Å². The van der Waals surface area contributed by atoms with Crippen LogP contribution in [-0.2, 0) is 9.59 Å². The monoisotopic (exact) mass is 271 g/mol. The summed E-state index contributed by atoms with van der Waals surface area (Å²) in [6.45, 7) is 4.11. The molecule has 4 heteroatoms. The number of amides is 1. The van der Waals surface area contributed by atoms with Gasteiger partial charge in [-0.3, -0.25) is 4.79 Å². The highest BCUT2D eigenvalue weighted by atomic mass is 16.4. The van der Waals surface area contributed by atoms with Crippen molar-refractivity contribution in [3.8, 4) is 0 Å². The predicted molar refractivity (Wildman–Crippen MR) is 77.1 cm³/mol. The van der Waals surface area contributed by atoms with E-state index in [0.29, 0.717) is 12.8 Å². The van der Waals surface area contributed by atoms with Gasteiger partial charge < -0.3 is 10.4 Å².